The highest BCUT2D eigenvalue weighted by Crippen LogP contribution is 2.28. The van der Waals surface area contributed by atoms with Crippen LogP contribution in [0.25, 0.3) is 0 Å². The molecule has 1 aromatic carbocycles. The van der Waals surface area contributed by atoms with Gasteiger partial charge >= 0.3 is 6.18 Å². The van der Waals surface area contributed by atoms with Crippen molar-refractivity contribution in [3.05, 3.63) is 35.4 Å². The molecule has 0 saturated carbocycles. The summed E-state index contributed by atoms with van der Waals surface area (Å²) in [6.45, 7) is 0.961. The third-order valence-corrected chi connectivity index (χ3v) is 2.25. The normalized spacial score (nSPS) is 13.9. The number of benzene rings is 1. The second-order valence-corrected chi connectivity index (χ2v) is 3.61. The molecule has 0 heterocycles. The largest absolute Gasteiger partial charge is 0.396 e. The third kappa shape index (κ3) is 3.55. The van der Waals surface area contributed by atoms with Crippen LogP contribution in [0.15, 0.2) is 24.3 Å². The summed E-state index contributed by atoms with van der Waals surface area (Å²) in [5.74, 6) is -1.67. The second kappa shape index (κ2) is 4.66. The van der Waals surface area contributed by atoms with Crippen molar-refractivity contribution in [3.8, 4) is 0 Å². The Bertz CT molecular complexity index is 320. The lowest BCUT2D eigenvalue weighted by Crippen LogP contribution is -2.28. The number of hydrogen-bond donors (Lipinski definition) is 1. The number of alkyl halides is 3. The van der Waals surface area contributed by atoms with Gasteiger partial charge in [0.15, 0.2) is 0 Å². The Labute approximate surface area is 86.5 Å². The van der Waals surface area contributed by atoms with Gasteiger partial charge in [-0.2, -0.15) is 13.2 Å². The predicted octanol–water partition coefficient (Wildman–Crippen LogP) is 2.71. The molecule has 1 unspecified atom stereocenters. The average molecular weight is 218 g/mol. The zero-order valence-corrected chi connectivity index (χ0v) is 8.38. The second-order valence-electron chi connectivity index (χ2n) is 3.61. The highest BCUT2D eigenvalue weighted by Gasteiger charge is 2.38. The van der Waals surface area contributed by atoms with E-state index in [9.17, 15) is 13.2 Å². The molecule has 1 rings (SSSR count). The SMILES string of the molecule is Cc1cccc(CC(CO)C(F)(F)F)c1. The molecule has 0 aromatic heterocycles. The third-order valence-electron chi connectivity index (χ3n) is 2.25. The van der Waals surface area contributed by atoms with Gasteiger partial charge in [-0.3, -0.25) is 0 Å². The Balaban J connectivity index is 2.76. The Kier molecular flexibility index (Phi) is 3.74. The van der Waals surface area contributed by atoms with Crippen LogP contribution in [-0.2, 0) is 6.42 Å². The lowest BCUT2D eigenvalue weighted by Gasteiger charge is -2.17. The molecule has 0 saturated heterocycles. The van der Waals surface area contributed by atoms with Gasteiger partial charge < -0.3 is 5.11 Å². The van der Waals surface area contributed by atoms with E-state index in [0.29, 0.717) is 5.56 Å². The maximum Gasteiger partial charge on any atom is 0.394 e. The van der Waals surface area contributed by atoms with Crippen LogP contribution in [0.2, 0.25) is 0 Å². The van der Waals surface area contributed by atoms with Crippen molar-refractivity contribution < 1.29 is 18.3 Å². The fourth-order valence-electron chi connectivity index (χ4n) is 1.41. The van der Waals surface area contributed by atoms with E-state index in [1.165, 1.54) is 0 Å². The molecule has 0 aliphatic heterocycles. The van der Waals surface area contributed by atoms with Crippen molar-refractivity contribution in [1.29, 1.82) is 0 Å². The fraction of sp³-hybridized carbons (Fsp3) is 0.455. The van der Waals surface area contributed by atoms with Crippen molar-refractivity contribution >= 4 is 0 Å². The number of aliphatic hydroxyl groups excluding tert-OH is 1. The van der Waals surface area contributed by atoms with Gasteiger partial charge in [-0.05, 0) is 18.9 Å². The smallest absolute Gasteiger partial charge is 0.394 e. The molecule has 0 radical (unpaired) electrons. The summed E-state index contributed by atoms with van der Waals surface area (Å²) in [5.41, 5.74) is 1.53. The van der Waals surface area contributed by atoms with Crippen molar-refractivity contribution in [3.63, 3.8) is 0 Å². The van der Waals surface area contributed by atoms with Crippen LogP contribution in [0.3, 0.4) is 0 Å². The molecule has 0 spiro atoms. The van der Waals surface area contributed by atoms with Gasteiger partial charge in [0.25, 0.3) is 0 Å². The zero-order chi connectivity index (χ0) is 11.5. The predicted molar refractivity (Wildman–Crippen MR) is 51.5 cm³/mol. The Morgan fingerprint density at radius 1 is 1.33 bits per heavy atom. The first kappa shape index (κ1) is 12.0. The first-order valence-corrected chi connectivity index (χ1v) is 4.66. The highest BCUT2D eigenvalue weighted by atomic mass is 19.4. The number of aryl methyl sites for hydroxylation is 1. The first-order chi connectivity index (χ1) is 6.93. The van der Waals surface area contributed by atoms with Crippen LogP contribution >= 0.6 is 0 Å². The van der Waals surface area contributed by atoms with E-state index in [1.807, 2.05) is 13.0 Å². The summed E-state index contributed by atoms with van der Waals surface area (Å²) in [6.07, 6.45) is -4.50. The maximum atomic E-state index is 12.3. The van der Waals surface area contributed by atoms with Gasteiger partial charge in [0, 0.05) is 0 Å². The first-order valence-electron chi connectivity index (χ1n) is 4.66. The minimum Gasteiger partial charge on any atom is -0.396 e. The monoisotopic (exact) mass is 218 g/mol. The molecular weight excluding hydrogens is 205 g/mol. The molecule has 4 heteroatoms. The van der Waals surface area contributed by atoms with Crippen molar-refractivity contribution in [2.24, 2.45) is 5.92 Å². The minimum atomic E-state index is -4.33. The summed E-state index contributed by atoms with van der Waals surface area (Å²) in [4.78, 5) is 0. The molecule has 15 heavy (non-hydrogen) atoms. The fourth-order valence-corrected chi connectivity index (χ4v) is 1.41. The van der Waals surface area contributed by atoms with Gasteiger partial charge in [-0.25, -0.2) is 0 Å². The van der Waals surface area contributed by atoms with Crippen LogP contribution in [0.5, 0.6) is 0 Å². The van der Waals surface area contributed by atoms with Crippen LogP contribution < -0.4 is 0 Å². The summed E-state index contributed by atoms with van der Waals surface area (Å²) in [5, 5.41) is 8.67. The quantitative estimate of drug-likeness (QED) is 0.827. The lowest BCUT2D eigenvalue weighted by molar-refractivity contribution is -0.183. The summed E-state index contributed by atoms with van der Waals surface area (Å²) in [6, 6.07) is 6.89. The molecule has 0 bridgehead atoms. The summed E-state index contributed by atoms with van der Waals surface area (Å²) >= 11 is 0. The molecule has 1 aromatic rings. The topological polar surface area (TPSA) is 20.2 Å². The molecule has 1 nitrogen and oxygen atoms in total. The van der Waals surface area contributed by atoms with Crippen LogP contribution in [-0.4, -0.2) is 17.9 Å². The molecule has 84 valence electrons. The van der Waals surface area contributed by atoms with E-state index in [-0.39, 0.29) is 6.42 Å². The molecule has 0 aliphatic rings. The molecule has 1 atom stereocenters. The molecular formula is C11H13F3O. The van der Waals surface area contributed by atoms with E-state index in [0.717, 1.165) is 5.56 Å². The van der Waals surface area contributed by atoms with Crippen molar-refractivity contribution in [2.45, 2.75) is 19.5 Å². The highest BCUT2D eigenvalue weighted by molar-refractivity contribution is 5.22. The van der Waals surface area contributed by atoms with Gasteiger partial charge in [0.1, 0.15) is 0 Å². The molecule has 1 N–H and O–H groups in total. The van der Waals surface area contributed by atoms with E-state index < -0.39 is 18.7 Å². The van der Waals surface area contributed by atoms with Gasteiger partial charge in [-0.15, -0.1) is 0 Å². The van der Waals surface area contributed by atoms with Crippen molar-refractivity contribution in [2.75, 3.05) is 6.61 Å². The average Bonchev–Trinajstić information content (AvgIpc) is 2.12. The standard InChI is InChI=1S/C11H13F3O/c1-8-3-2-4-9(5-8)6-10(7-15)11(12,13)14/h2-5,10,15H,6-7H2,1H3. The molecule has 0 aliphatic carbocycles. The zero-order valence-electron chi connectivity index (χ0n) is 8.38. The van der Waals surface area contributed by atoms with E-state index >= 15 is 0 Å². The number of rotatable bonds is 3. The van der Waals surface area contributed by atoms with E-state index in [4.69, 9.17) is 5.11 Å². The lowest BCUT2D eigenvalue weighted by atomic mass is 9.98. The summed E-state index contributed by atoms with van der Waals surface area (Å²) < 4.78 is 37.0. The van der Waals surface area contributed by atoms with Gasteiger partial charge in [0.2, 0.25) is 0 Å². The van der Waals surface area contributed by atoms with Gasteiger partial charge in [-0.1, -0.05) is 29.8 Å². The van der Waals surface area contributed by atoms with Crippen LogP contribution in [0, 0.1) is 12.8 Å². The summed E-state index contributed by atoms with van der Waals surface area (Å²) in [7, 11) is 0. The number of halogens is 3. The number of hydrogen-bond acceptors (Lipinski definition) is 1. The van der Waals surface area contributed by atoms with Crippen molar-refractivity contribution in [1.82, 2.24) is 0 Å². The molecule has 0 amide bonds. The van der Waals surface area contributed by atoms with Crippen LogP contribution in [0.4, 0.5) is 13.2 Å². The maximum absolute atomic E-state index is 12.3. The van der Waals surface area contributed by atoms with Crippen LogP contribution in [0.1, 0.15) is 11.1 Å². The Hall–Kier alpha value is -1.03. The Morgan fingerprint density at radius 2 is 2.00 bits per heavy atom. The van der Waals surface area contributed by atoms with E-state index in [2.05, 4.69) is 0 Å². The minimum absolute atomic E-state index is 0.165. The number of aliphatic hydroxyl groups is 1. The van der Waals surface area contributed by atoms with E-state index in [1.54, 1.807) is 18.2 Å². The Morgan fingerprint density at radius 3 is 2.47 bits per heavy atom. The molecule has 0 fully saturated rings. The van der Waals surface area contributed by atoms with Gasteiger partial charge in [0.05, 0.1) is 12.5 Å².